The van der Waals surface area contributed by atoms with Crippen LogP contribution in [0.2, 0.25) is 0 Å². The molecule has 2 aromatic rings. The minimum absolute atomic E-state index is 0.707. The SMILES string of the molecule is CCCN(Cc1ccccc1)c1ncc(Br)cc1N. The van der Waals surface area contributed by atoms with E-state index in [0.717, 1.165) is 29.8 Å². The summed E-state index contributed by atoms with van der Waals surface area (Å²) < 4.78 is 0.907. The standard InChI is InChI=1S/C15H18BrN3/c1-2-8-19(11-12-6-4-3-5-7-12)15-14(17)9-13(16)10-18-15/h3-7,9-10H,2,8,11,17H2,1H3. The van der Waals surface area contributed by atoms with Gasteiger partial charge in [-0.2, -0.15) is 0 Å². The van der Waals surface area contributed by atoms with Crippen LogP contribution in [-0.2, 0) is 6.54 Å². The first-order chi connectivity index (χ1) is 9.20. The van der Waals surface area contributed by atoms with Crippen molar-refractivity contribution in [2.24, 2.45) is 0 Å². The van der Waals surface area contributed by atoms with E-state index >= 15 is 0 Å². The van der Waals surface area contributed by atoms with E-state index in [1.54, 1.807) is 6.20 Å². The average Bonchev–Trinajstić information content (AvgIpc) is 2.39. The summed E-state index contributed by atoms with van der Waals surface area (Å²) in [5, 5.41) is 0. The Morgan fingerprint density at radius 1 is 1.26 bits per heavy atom. The zero-order valence-corrected chi connectivity index (χ0v) is 12.6. The maximum absolute atomic E-state index is 6.07. The number of halogens is 1. The zero-order chi connectivity index (χ0) is 13.7. The fraction of sp³-hybridized carbons (Fsp3) is 0.267. The van der Waals surface area contributed by atoms with Crippen LogP contribution in [0, 0.1) is 0 Å². The second kappa shape index (κ2) is 6.57. The molecular weight excluding hydrogens is 302 g/mol. The van der Waals surface area contributed by atoms with Crippen molar-refractivity contribution in [2.75, 3.05) is 17.2 Å². The van der Waals surface area contributed by atoms with Gasteiger partial charge in [-0.15, -0.1) is 0 Å². The molecule has 0 aliphatic carbocycles. The van der Waals surface area contributed by atoms with Crippen LogP contribution >= 0.6 is 15.9 Å². The average molecular weight is 320 g/mol. The van der Waals surface area contributed by atoms with Gasteiger partial charge in [0.25, 0.3) is 0 Å². The number of nitrogens with two attached hydrogens (primary N) is 1. The van der Waals surface area contributed by atoms with Crippen LogP contribution in [0.15, 0.2) is 47.1 Å². The molecule has 0 spiro atoms. The summed E-state index contributed by atoms with van der Waals surface area (Å²) in [5.41, 5.74) is 8.04. The molecule has 0 bridgehead atoms. The van der Waals surface area contributed by atoms with Gasteiger partial charge < -0.3 is 10.6 Å². The lowest BCUT2D eigenvalue weighted by atomic mass is 10.2. The van der Waals surface area contributed by atoms with E-state index in [4.69, 9.17) is 5.73 Å². The number of hydrogen-bond acceptors (Lipinski definition) is 3. The molecule has 2 rings (SSSR count). The molecule has 3 nitrogen and oxygen atoms in total. The monoisotopic (exact) mass is 319 g/mol. The Morgan fingerprint density at radius 2 is 2.00 bits per heavy atom. The topological polar surface area (TPSA) is 42.2 Å². The largest absolute Gasteiger partial charge is 0.396 e. The molecule has 2 N–H and O–H groups in total. The highest BCUT2D eigenvalue weighted by Gasteiger charge is 2.11. The molecule has 4 heteroatoms. The van der Waals surface area contributed by atoms with Crippen LogP contribution in [-0.4, -0.2) is 11.5 Å². The molecule has 0 saturated carbocycles. The number of nitrogen functional groups attached to an aromatic ring is 1. The number of nitrogens with zero attached hydrogens (tertiary/aromatic N) is 2. The second-order valence-corrected chi connectivity index (χ2v) is 5.39. The number of rotatable bonds is 5. The molecule has 0 aliphatic heterocycles. The molecule has 1 heterocycles. The van der Waals surface area contributed by atoms with Crippen molar-refractivity contribution in [3.05, 3.63) is 52.6 Å². The van der Waals surface area contributed by atoms with Gasteiger partial charge in [-0.1, -0.05) is 37.3 Å². The lowest BCUT2D eigenvalue weighted by molar-refractivity contribution is 0.756. The summed E-state index contributed by atoms with van der Waals surface area (Å²) in [7, 11) is 0. The van der Waals surface area contributed by atoms with Crippen LogP contribution in [0.1, 0.15) is 18.9 Å². The highest BCUT2D eigenvalue weighted by atomic mass is 79.9. The maximum atomic E-state index is 6.07. The highest BCUT2D eigenvalue weighted by Crippen LogP contribution is 2.25. The van der Waals surface area contributed by atoms with E-state index < -0.39 is 0 Å². The van der Waals surface area contributed by atoms with Crippen molar-refractivity contribution in [3.8, 4) is 0 Å². The second-order valence-electron chi connectivity index (χ2n) is 4.47. The molecule has 0 atom stereocenters. The fourth-order valence-corrected chi connectivity index (χ4v) is 2.39. The number of benzene rings is 1. The lowest BCUT2D eigenvalue weighted by Gasteiger charge is -2.24. The molecule has 0 amide bonds. The van der Waals surface area contributed by atoms with E-state index in [0.29, 0.717) is 5.69 Å². The van der Waals surface area contributed by atoms with E-state index in [2.05, 4.69) is 57.0 Å². The highest BCUT2D eigenvalue weighted by molar-refractivity contribution is 9.10. The van der Waals surface area contributed by atoms with Crippen molar-refractivity contribution in [1.82, 2.24) is 4.98 Å². The first-order valence-corrected chi connectivity index (χ1v) is 7.20. The summed E-state index contributed by atoms with van der Waals surface area (Å²) in [4.78, 5) is 6.67. The van der Waals surface area contributed by atoms with Gasteiger partial charge in [0.2, 0.25) is 0 Å². The Balaban J connectivity index is 2.24. The normalized spacial score (nSPS) is 10.4. The third kappa shape index (κ3) is 3.70. The number of aromatic nitrogens is 1. The summed E-state index contributed by atoms with van der Waals surface area (Å²) in [5.74, 6) is 0.855. The Kier molecular flexibility index (Phi) is 4.80. The van der Waals surface area contributed by atoms with Crippen LogP contribution in [0.3, 0.4) is 0 Å². The van der Waals surface area contributed by atoms with Crippen LogP contribution < -0.4 is 10.6 Å². The van der Waals surface area contributed by atoms with Gasteiger partial charge in [-0.3, -0.25) is 0 Å². The Hall–Kier alpha value is -1.55. The van der Waals surface area contributed by atoms with Gasteiger partial charge in [0.1, 0.15) is 0 Å². The van der Waals surface area contributed by atoms with E-state index in [9.17, 15) is 0 Å². The van der Waals surface area contributed by atoms with Gasteiger partial charge in [0.05, 0.1) is 5.69 Å². The zero-order valence-electron chi connectivity index (χ0n) is 11.0. The Bertz CT molecular complexity index is 528. The van der Waals surface area contributed by atoms with Gasteiger partial charge in [0.15, 0.2) is 5.82 Å². The maximum Gasteiger partial charge on any atom is 0.152 e. The van der Waals surface area contributed by atoms with E-state index in [-0.39, 0.29) is 0 Å². The molecule has 0 saturated heterocycles. The predicted molar refractivity (Wildman–Crippen MR) is 84.1 cm³/mol. The Morgan fingerprint density at radius 3 is 2.63 bits per heavy atom. The third-order valence-electron chi connectivity index (χ3n) is 2.87. The minimum atomic E-state index is 0.707. The quantitative estimate of drug-likeness (QED) is 0.910. The van der Waals surface area contributed by atoms with Crippen molar-refractivity contribution in [1.29, 1.82) is 0 Å². The minimum Gasteiger partial charge on any atom is -0.396 e. The van der Waals surface area contributed by atoms with Crippen LogP contribution in [0.4, 0.5) is 11.5 Å². The molecule has 0 unspecified atom stereocenters. The number of hydrogen-bond donors (Lipinski definition) is 1. The molecule has 1 aromatic carbocycles. The smallest absolute Gasteiger partial charge is 0.152 e. The molecule has 0 radical (unpaired) electrons. The van der Waals surface area contributed by atoms with E-state index in [1.165, 1.54) is 5.56 Å². The summed E-state index contributed by atoms with van der Waals surface area (Å²) in [6, 6.07) is 12.3. The molecule has 19 heavy (non-hydrogen) atoms. The van der Waals surface area contributed by atoms with Gasteiger partial charge in [-0.25, -0.2) is 4.98 Å². The molecule has 100 valence electrons. The molecular formula is C15H18BrN3. The van der Waals surface area contributed by atoms with Crippen molar-refractivity contribution in [2.45, 2.75) is 19.9 Å². The van der Waals surface area contributed by atoms with Crippen molar-refractivity contribution >= 4 is 27.4 Å². The van der Waals surface area contributed by atoms with Crippen molar-refractivity contribution in [3.63, 3.8) is 0 Å². The molecule has 0 aliphatic rings. The first-order valence-electron chi connectivity index (χ1n) is 6.40. The number of anilines is 2. The fourth-order valence-electron chi connectivity index (χ4n) is 2.05. The Labute approximate surface area is 122 Å². The van der Waals surface area contributed by atoms with Crippen LogP contribution in [0.5, 0.6) is 0 Å². The molecule has 1 aromatic heterocycles. The van der Waals surface area contributed by atoms with Gasteiger partial charge in [-0.05, 0) is 34.0 Å². The van der Waals surface area contributed by atoms with Crippen molar-refractivity contribution < 1.29 is 0 Å². The molecule has 0 fully saturated rings. The third-order valence-corrected chi connectivity index (χ3v) is 3.30. The predicted octanol–water partition coefficient (Wildman–Crippen LogP) is 3.84. The summed E-state index contributed by atoms with van der Waals surface area (Å²) in [6.45, 7) is 3.92. The van der Waals surface area contributed by atoms with E-state index in [1.807, 2.05) is 12.1 Å². The summed E-state index contributed by atoms with van der Waals surface area (Å²) >= 11 is 3.39. The lowest BCUT2D eigenvalue weighted by Crippen LogP contribution is -2.25. The number of pyridine rings is 1. The van der Waals surface area contributed by atoms with Gasteiger partial charge in [0, 0.05) is 23.8 Å². The van der Waals surface area contributed by atoms with Crippen LogP contribution in [0.25, 0.3) is 0 Å². The van der Waals surface area contributed by atoms with Gasteiger partial charge >= 0.3 is 0 Å². The first kappa shape index (κ1) is 13.9. The summed E-state index contributed by atoms with van der Waals surface area (Å²) in [6.07, 6.45) is 2.85.